The SMILES string of the molecule is O=C(O)C1(Cc2ccc(Br)cc2[N+](=O)[O-])CCNCC1. The van der Waals surface area contributed by atoms with Gasteiger partial charge in [0, 0.05) is 16.1 Å². The highest BCUT2D eigenvalue weighted by molar-refractivity contribution is 9.10. The third-order valence-corrected chi connectivity index (χ3v) is 4.28. The molecule has 2 N–H and O–H groups in total. The fourth-order valence-electron chi connectivity index (χ4n) is 2.59. The van der Waals surface area contributed by atoms with Gasteiger partial charge in [-0.25, -0.2) is 0 Å². The van der Waals surface area contributed by atoms with Gasteiger partial charge in [-0.2, -0.15) is 0 Å². The molecule has 1 fully saturated rings. The van der Waals surface area contributed by atoms with Gasteiger partial charge in [-0.15, -0.1) is 0 Å². The highest BCUT2D eigenvalue weighted by Crippen LogP contribution is 2.36. The number of rotatable bonds is 4. The minimum atomic E-state index is -0.913. The lowest BCUT2D eigenvalue weighted by atomic mass is 9.74. The zero-order chi connectivity index (χ0) is 14.8. The Morgan fingerprint density at radius 1 is 1.45 bits per heavy atom. The monoisotopic (exact) mass is 342 g/mol. The predicted octanol–water partition coefficient (Wildman–Crippen LogP) is 2.35. The molecule has 0 bridgehead atoms. The van der Waals surface area contributed by atoms with Crippen LogP contribution in [0.1, 0.15) is 18.4 Å². The number of carboxylic acid groups (broad SMARTS) is 1. The molecule has 0 amide bonds. The van der Waals surface area contributed by atoms with Crippen molar-refractivity contribution in [3.8, 4) is 0 Å². The second-order valence-electron chi connectivity index (χ2n) is 5.04. The molecule has 6 nitrogen and oxygen atoms in total. The Bertz CT molecular complexity index is 541. The lowest BCUT2D eigenvalue weighted by Gasteiger charge is -2.33. The van der Waals surface area contributed by atoms with Crippen molar-refractivity contribution in [1.29, 1.82) is 0 Å². The van der Waals surface area contributed by atoms with E-state index in [1.807, 2.05) is 0 Å². The number of benzene rings is 1. The Labute approximate surface area is 124 Å². The van der Waals surface area contributed by atoms with Gasteiger partial charge >= 0.3 is 5.97 Å². The highest BCUT2D eigenvalue weighted by atomic mass is 79.9. The number of hydrogen-bond donors (Lipinski definition) is 2. The zero-order valence-electron chi connectivity index (χ0n) is 10.8. The molecule has 20 heavy (non-hydrogen) atoms. The van der Waals surface area contributed by atoms with Gasteiger partial charge in [-0.3, -0.25) is 14.9 Å². The Kier molecular flexibility index (Phi) is 4.39. The van der Waals surface area contributed by atoms with Gasteiger partial charge in [-0.1, -0.05) is 22.0 Å². The van der Waals surface area contributed by atoms with Crippen LogP contribution in [-0.4, -0.2) is 29.1 Å². The molecule has 108 valence electrons. The summed E-state index contributed by atoms with van der Waals surface area (Å²) in [7, 11) is 0. The van der Waals surface area contributed by atoms with E-state index in [0.717, 1.165) is 0 Å². The molecule has 0 aromatic heterocycles. The van der Waals surface area contributed by atoms with Crippen LogP contribution in [0.5, 0.6) is 0 Å². The van der Waals surface area contributed by atoms with Crippen molar-refractivity contribution in [1.82, 2.24) is 5.32 Å². The van der Waals surface area contributed by atoms with Gasteiger partial charge in [0.15, 0.2) is 0 Å². The molecule has 0 saturated carbocycles. The van der Waals surface area contributed by atoms with E-state index in [0.29, 0.717) is 36.0 Å². The quantitative estimate of drug-likeness (QED) is 0.647. The maximum Gasteiger partial charge on any atom is 0.310 e. The van der Waals surface area contributed by atoms with E-state index in [9.17, 15) is 20.0 Å². The number of nitrogens with zero attached hydrogens (tertiary/aromatic N) is 1. The molecule has 1 saturated heterocycles. The van der Waals surface area contributed by atoms with E-state index >= 15 is 0 Å². The van der Waals surface area contributed by atoms with Crippen molar-refractivity contribution in [3.05, 3.63) is 38.3 Å². The number of piperidine rings is 1. The number of nitro benzene ring substituents is 1. The van der Waals surface area contributed by atoms with Crippen molar-refractivity contribution < 1.29 is 14.8 Å². The van der Waals surface area contributed by atoms with Crippen LogP contribution in [0.2, 0.25) is 0 Å². The average molecular weight is 343 g/mol. The largest absolute Gasteiger partial charge is 0.481 e. The number of carbonyl (C=O) groups is 1. The normalized spacial score (nSPS) is 17.6. The molecule has 0 radical (unpaired) electrons. The Hall–Kier alpha value is -1.47. The number of hydrogen-bond acceptors (Lipinski definition) is 4. The molecule has 1 aromatic rings. The van der Waals surface area contributed by atoms with E-state index in [4.69, 9.17) is 0 Å². The van der Waals surface area contributed by atoms with Crippen LogP contribution >= 0.6 is 15.9 Å². The molecule has 0 unspecified atom stereocenters. The summed E-state index contributed by atoms with van der Waals surface area (Å²) in [5.41, 5.74) is -0.467. The van der Waals surface area contributed by atoms with Crippen LogP contribution in [0.15, 0.2) is 22.7 Å². The fourth-order valence-corrected chi connectivity index (χ4v) is 2.94. The van der Waals surface area contributed by atoms with E-state index in [1.54, 1.807) is 12.1 Å². The molecule has 1 aliphatic rings. The highest BCUT2D eigenvalue weighted by Gasteiger charge is 2.41. The summed E-state index contributed by atoms with van der Waals surface area (Å²) in [6.45, 7) is 1.24. The number of nitrogens with one attached hydrogen (secondary N) is 1. The average Bonchev–Trinajstić information content (AvgIpc) is 2.41. The molecular weight excluding hydrogens is 328 g/mol. The van der Waals surface area contributed by atoms with Crippen LogP contribution in [0.25, 0.3) is 0 Å². The van der Waals surface area contributed by atoms with Crippen molar-refractivity contribution in [3.63, 3.8) is 0 Å². The van der Waals surface area contributed by atoms with E-state index in [1.165, 1.54) is 6.07 Å². The minimum Gasteiger partial charge on any atom is -0.481 e. The summed E-state index contributed by atoms with van der Waals surface area (Å²) >= 11 is 3.20. The van der Waals surface area contributed by atoms with E-state index in [2.05, 4.69) is 21.2 Å². The molecule has 1 aliphatic heterocycles. The minimum absolute atomic E-state index is 0.0291. The first kappa shape index (κ1) is 14.9. The standard InChI is InChI=1S/C13H15BrN2O4/c14-10-2-1-9(11(7-10)16(19)20)8-13(12(17)18)3-5-15-6-4-13/h1-2,7,15H,3-6,8H2,(H,17,18). The fraction of sp³-hybridized carbons (Fsp3) is 0.462. The Morgan fingerprint density at radius 3 is 2.65 bits per heavy atom. The summed E-state index contributed by atoms with van der Waals surface area (Å²) < 4.78 is 0.614. The number of nitro groups is 1. The van der Waals surface area contributed by atoms with Crippen LogP contribution < -0.4 is 5.32 Å². The second-order valence-corrected chi connectivity index (χ2v) is 5.96. The molecule has 0 spiro atoms. The number of carboxylic acids is 1. The van der Waals surface area contributed by atoms with Gasteiger partial charge in [0.05, 0.1) is 10.3 Å². The molecule has 0 aliphatic carbocycles. The third-order valence-electron chi connectivity index (χ3n) is 3.79. The number of aliphatic carboxylic acids is 1. The van der Waals surface area contributed by atoms with Crippen molar-refractivity contribution in [2.75, 3.05) is 13.1 Å². The van der Waals surface area contributed by atoms with Gasteiger partial charge in [0.1, 0.15) is 0 Å². The van der Waals surface area contributed by atoms with Crippen LogP contribution in [0.4, 0.5) is 5.69 Å². The first-order valence-corrected chi connectivity index (χ1v) is 7.11. The second kappa shape index (κ2) is 5.88. The molecule has 7 heteroatoms. The summed E-state index contributed by atoms with van der Waals surface area (Å²) in [6.07, 6.45) is 1.15. The maximum absolute atomic E-state index is 11.6. The van der Waals surface area contributed by atoms with E-state index in [-0.39, 0.29) is 12.1 Å². The molecule has 1 heterocycles. The van der Waals surface area contributed by atoms with E-state index < -0.39 is 16.3 Å². The van der Waals surface area contributed by atoms with Crippen LogP contribution in [0.3, 0.4) is 0 Å². The van der Waals surface area contributed by atoms with Crippen LogP contribution in [0, 0.1) is 15.5 Å². The van der Waals surface area contributed by atoms with Crippen LogP contribution in [-0.2, 0) is 11.2 Å². The summed E-state index contributed by atoms with van der Waals surface area (Å²) in [5.74, 6) is -0.879. The van der Waals surface area contributed by atoms with Gasteiger partial charge in [0.2, 0.25) is 0 Å². The maximum atomic E-state index is 11.6. The van der Waals surface area contributed by atoms with Gasteiger partial charge < -0.3 is 10.4 Å². The molecule has 2 rings (SSSR count). The molecule has 0 atom stereocenters. The Balaban J connectivity index is 2.36. The predicted molar refractivity (Wildman–Crippen MR) is 76.7 cm³/mol. The van der Waals surface area contributed by atoms with Crippen molar-refractivity contribution in [2.24, 2.45) is 5.41 Å². The summed E-state index contributed by atoms with van der Waals surface area (Å²) in [4.78, 5) is 22.3. The lowest BCUT2D eigenvalue weighted by molar-refractivity contribution is -0.385. The Morgan fingerprint density at radius 2 is 2.10 bits per heavy atom. The number of halogens is 1. The van der Waals surface area contributed by atoms with Crippen molar-refractivity contribution >= 4 is 27.6 Å². The summed E-state index contributed by atoms with van der Waals surface area (Å²) in [5, 5.41) is 23.8. The lowest BCUT2D eigenvalue weighted by Crippen LogP contribution is -2.43. The summed E-state index contributed by atoms with van der Waals surface area (Å²) in [6, 6.07) is 4.76. The third kappa shape index (κ3) is 2.99. The smallest absolute Gasteiger partial charge is 0.310 e. The first-order valence-electron chi connectivity index (χ1n) is 6.31. The van der Waals surface area contributed by atoms with Gasteiger partial charge in [-0.05, 0) is 38.4 Å². The zero-order valence-corrected chi connectivity index (χ0v) is 12.4. The van der Waals surface area contributed by atoms with Crippen molar-refractivity contribution in [2.45, 2.75) is 19.3 Å². The molecular formula is C13H15BrN2O4. The first-order chi connectivity index (χ1) is 9.44. The molecule has 1 aromatic carbocycles. The van der Waals surface area contributed by atoms with Gasteiger partial charge in [0.25, 0.3) is 5.69 Å². The topological polar surface area (TPSA) is 92.5 Å².